The van der Waals surface area contributed by atoms with Crippen molar-refractivity contribution in [1.29, 1.82) is 0 Å². The first kappa shape index (κ1) is 11.3. The van der Waals surface area contributed by atoms with E-state index in [1.807, 2.05) is 61.7 Å². The molecule has 0 atom stereocenters. The summed E-state index contributed by atoms with van der Waals surface area (Å²) >= 11 is 0. The molecule has 0 aliphatic carbocycles. The van der Waals surface area contributed by atoms with Gasteiger partial charge in [-0.05, 0) is 42.8 Å². The van der Waals surface area contributed by atoms with Gasteiger partial charge in [-0.25, -0.2) is 0 Å². The van der Waals surface area contributed by atoms with Crippen LogP contribution in [0.15, 0.2) is 54.9 Å². The second-order valence-corrected chi connectivity index (χ2v) is 3.73. The van der Waals surface area contributed by atoms with Crippen LogP contribution in [0, 0.1) is 6.92 Å². The Morgan fingerprint density at radius 1 is 0.882 bits per heavy atom. The smallest absolute Gasteiger partial charge is 0.0629 e. The number of rotatable bonds is 3. The van der Waals surface area contributed by atoms with Crippen LogP contribution in [0.5, 0.6) is 0 Å². The maximum atomic E-state index is 4.29. The van der Waals surface area contributed by atoms with E-state index in [-0.39, 0.29) is 0 Å². The highest BCUT2D eigenvalue weighted by atomic mass is 14.7. The van der Waals surface area contributed by atoms with Crippen molar-refractivity contribution in [3.05, 3.63) is 71.8 Å². The molecule has 0 fully saturated rings. The van der Waals surface area contributed by atoms with E-state index < -0.39 is 0 Å². The average Bonchev–Trinajstić information content (AvgIpc) is 2.38. The van der Waals surface area contributed by atoms with Gasteiger partial charge in [-0.15, -0.1) is 0 Å². The lowest BCUT2D eigenvalue weighted by Gasteiger charge is -1.92. The number of pyridine rings is 2. The van der Waals surface area contributed by atoms with Gasteiger partial charge in [-0.1, -0.05) is 24.3 Å². The summed E-state index contributed by atoms with van der Waals surface area (Å²) in [5.41, 5.74) is 3.08. The van der Waals surface area contributed by atoms with Gasteiger partial charge in [0.25, 0.3) is 0 Å². The molecule has 0 saturated carbocycles. The predicted octanol–water partition coefficient (Wildman–Crippen LogP) is 3.51. The van der Waals surface area contributed by atoms with Crippen molar-refractivity contribution in [2.45, 2.75) is 6.92 Å². The molecular weight excluding hydrogens is 208 g/mol. The van der Waals surface area contributed by atoms with Gasteiger partial charge in [0.15, 0.2) is 0 Å². The van der Waals surface area contributed by atoms with Crippen molar-refractivity contribution < 1.29 is 0 Å². The lowest BCUT2D eigenvalue weighted by atomic mass is 10.2. The zero-order valence-corrected chi connectivity index (χ0v) is 9.75. The summed E-state index contributed by atoms with van der Waals surface area (Å²) in [7, 11) is 0. The zero-order chi connectivity index (χ0) is 11.9. The molecule has 2 heterocycles. The Hall–Kier alpha value is -2.22. The van der Waals surface area contributed by atoms with E-state index in [9.17, 15) is 0 Å². The Labute approximate surface area is 101 Å². The number of hydrogen-bond donors (Lipinski definition) is 0. The predicted molar refractivity (Wildman–Crippen MR) is 71.3 cm³/mol. The Morgan fingerprint density at radius 2 is 1.65 bits per heavy atom. The van der Waals surface area contributed by atoms with Crippen LogP contribution in [0.4, 0.5) is 0 Å². The highest BCUT2D eigenvalue weighted by Crippen LogP contribution is 2.02. The minimum absolute atomic E-state index is 0.953. The van der Waals surface area contributed by atoms with Gasteiger partial charge in [0, 0.05) is 12.4 Å². The van der Waals surface area contributed by atoms with Gasteiger partial charge in [0.05, 0.1) is 11.4 Å². The standard InChI is InChI=1S/C15H14N2/c1-13-9-10-15(17-12-13)7-3-2-6-14-8-4-5-11-16-14/h2-12H,1H3/b6-2+,7-3+. The van der Waals surface area contributed by atoms with E-state index >= 15 is 0 Å². The van der Waals surface area contributed by atoms with Crippen LogP contribution in [-0.2, 0) is 0 Å². The molecule has 0 aromatic carbocycles. The van der Waals surface area contributed by atoms with E-state index in [2.05, 4.69) is 16.0 Å². The lowest BCUT2D eigenvalue weighted by Crippen LogP contribution is -1.80. The maximum Gasteiger partial charge on any atom is 0.0629 e. The summed E-state index contributed by atoms with van der Waals surface area (Å²) in [4.78, 5) is 8.49. The van der Waals surface area contributed by atoms with Gasteiger partial charge >= 0.3 is 0 Å². The molecule has 2 aromatic heterocycles. The summed E-state index contributed by atoms with van der Waals surface area (Å²) in [5.74, 6) is 0. The molecule has 0 aliphatic heterocycles. The first-order valence-electron chi connectivity index (χ1n) is 5.53. The van der Waals surface area contributed by atoms with Crippen molar-refractivity contribution in [3.63, 3.8) is 0 Å². The molecule has 0 bridgehead atoms. The Bertz CT molecular complexity index is 510. The number of allylic oxidation sites excluding steroid dienone is 2. The van der Waals surface area contributed by atoms with Crippen molar-refractivity contribution in [3.8, 4) is 0 Å². The van der Waals surface area contributed by atoms with E-state index in [0.29, 0.717) is 0 Å². The molecule has 0 aliphatic rings. The number of aromatic nitrogens is 2. The molecule has 2 nitrogen and oxygen atoms in total. The average molecular weight is 222 g/mol. The summed E-state index contributed by atoms with van der Waals surface area (Å²) in [6.45, 7) is 2.03. The minimum atomic E-state index is 0.953. The van der Waals surface area contributed by atoms with Crippen LogP contribution < -0.4 is 0 Å². The third-order valence-corrected chi connectivity index (χ3v) is 2.27. The monoisotopic (exact) mass is 222 g/mol. The highest BCUT2D eigenvalue weighted by molar-refractivity contribution is 5.53. The lowest BCUT2D eigenvalue weighted by molar-refractivity contribution is 1.24. The molecule has 0 saturated heterocycles. The van der Waals surface area contributed by atoms with Gasteiger partial charge in [0.1, 0.15) is 0 Å². The largest absolute Gasteiger partial charge is 0.257 e. The molecule has 2 aromatic rings. The van der Waals surface area contributed by atoms with Crippen LogP contribution in [0.2, 0.25) is 0 Å². The van der Waals surface area contributed by atoms with Crippen LogP contribution in [0.3, 0.4) is 0 Å². The van der Waals surface area contributed by atoms with Crippen molar-refractivity contribution >= 4 is 12.2 Å². The van der Waals surface area contributed by atoms with Gasteiger partial charge in [-0.3, -0.25) is 9.97 Å². The Kier molecular flexibility index (Phi) is 3.81. The quantitative estimate of drug-likeness (QED) is 0.743. The van der Waals surface area contributed by atoms with Crippen LogP contribution in [0.25, 0.3) is 12.2 Å². The number of nitrogens with zero attached hydrogens (tertiary/aromatic N) is 2. The normalized spacial score (nSPS) is 11.4. The molecule has 2 rings (SSSR count). The Morgan fingerprint density at radius 3 is 2.24 bits per heavy atom. The second kappa shape index (κ2) is 5.75. The number of aryl methyl sites for hydroxylation is 1. The SMILES string of the molecule is Cc1ccc(/C=C/C=C/c2ccccn2)nc1. The molecule has 0 amide bonds. The van der Waals surface area contributed by atoms with Gasteiger partial charge < -0.3 is 0 Å². The van der Waals surface area contributed by atoms with Crippen molar-refractivity contribution in [1.82, 2.24) is 9.97 Å². The highest BCUT2D eigenvalue weighted by Gasteiger charge is 1.86. The molecule has 84 valence electrons. The second-order valence-electron chi connectivity index (χ2n) is 3.73. The summed E-state index contributed by atoms with van der Waals surface area (Å²) < 4.78 is 0. The molecule has 0 radical (unpaired) electrons. The molecule has 0 unspecified atom stereocenters. The van der Waals surface area contributed by atoms with Crippen LogP contribution >= 0.6 is 0 Å². The van der Waals surface area contributed by atoms with E-state index in [0.717, 1.165) is 11.4 Å². The summed E-state index contributed by atoms with van der Waals surface area (Å²) in [5, 5.41) is 0. The fourth-order valence-corrected chi connectivity index (χ4v) is 1.36. The fourth-order valence-electron chi connectivity index (χ4n) is 1.36. The fraction of sp³-hybridized carbons (Fsp3) is 0.0667. The van der Waals surface area contributed by atoms with Crippen LogP contribution in [-0.4, -0.2) is 9.97 Å². The zero-order valence-electron chi connectivity index (χ0n) is 9.75. The first-order chi connectivity index (χ1) is 8.34. The minimum Gasteiger partial charge on any atom is -0.257 e. The first-order valence-corrected chi connectivity index (χ1v) is 5.53. The Balaban J connectivity index is 1.98. The van der Waals surface area contributed by atoms with Gasteiger partial charge in [-0.2, -0.15) is 0 Å². The van der Waals surface area contributed by atoms with Crippen molar-refractivity contribution in [2.75, 3.05) is 0 Å². The summed E-state index contributed by atoms with van der Waals surface area (Å²) in [6.07, 6.45) is 11.5. The third kappa shape index (κ3) is 3.68. The van der Waals surface area contributed by atoms with E-state index in [1.54, 1.807) is 6.20 Å². The van der Waals surface area contributed by atoms with Crippen molar-refractivity contribution in [2.24, 2.45) is 0 Å². The topological polar surface area (TPSA) is 25.8 Å². The molecule has 17 heavy (non-hydrogen) atoms. The molecule has 2 heteroatoms. The van der Waals surface area contributed by atoms with Crippen LogP contribution in [0.1, 0.15) is 17.0 Å². The molecular formula is C15H14N2. The van der Waals surface area contributed by atoms with E-state index in [4.69, 9.17) is 0 Å². The maximum absolute atomic E-state index is 4.29. The summed E-state index contributed by atoms with van der Waals surface area (Å²) in [6, 6.07) is 9.89. The van der Waals surface area contributed by atoms with E-state index in [1.165, 1.54) is 5.56 Å². The molecule has 0 spiro atoms. The molecule has 0 N–H and O–H groups in total. The third-order valence-electron chi connectivity index (χ3n) is 2.27. The van der Waals surface area contributed by atoms with Gasteiger partial charge in [0.2, 0.25) is 0 Å². The number of hydrogen-bond acceptors (Lipinski definition) is 2.